The Morgan fingerprint density at radius 1 is 1.12 bits per heavy atom. The Kier molecular flexibility index (Phi) is 7.87. The van der Waals surface area contributed by atoms with Crippen LogP contribution in [0.3, 0.4) is 0 Å². The number of hydrogen-bond donors (Lipinski definition) is 1. The zero-order valence-corrected chi connectivity index (χ0v) is 24.1. The smallest absolute Gasteiger partial charge is 0.265 e. The fraction of sp³-hybridized carbons (Fsp3) is 0.400. The van der Waals surface area contributed by atoms with Gasteiger partial charge in [0.05, 0.1) is 17.9 Å². The van der Waals surface area contributed by atoms with Crippen molar-refractivity contribution < 1.29 is 18.4 Å². The third-order valence-corrected chi connectivity index (χ3v) is 8.52. The van der Waals surface area contributed by atoms with E-state index in [0.717, 1.165) is 18.9 Å². The molecule has 1 aliphatic carbocycles. The highest BCUT2D eigenvalue weighted by Gasteiger charge is 2.36. The van der Waals surface area contributed by atoms with Gasteiger partial charge in [0.25, 0.3) is 23.8 Å². The molecular formula is C30H32ClF2N5O3. The molecule has 1 saturated carbocycles. The van der Waals surface area contributed by atoms with Gasteiger partial charge in [0.2, 0.25) is 5.95 Å². The Balaban J connectivity index is 1.57. The van der Waals surface area contributed by atoms with Crippen LogP contribution in [0.2, 0.25) is 5.02 Å². The number of alkyl halides is 2. The normalized spacial score (nSPS) is 17.3. The molecule has 0 radical (unpaired) electrons. The molecule has 5 rings (SSSR count). The van der Waals surface area contributed by atoms with E-state index >= 15 is 0 Å². The highest BCUT2D eigenvalue weighted by atomic mass is 35.5. The summed E-state index contributed by atoms with van der Waals surface area (Å²) in [6.07, 6.45) is -0.362. The number of anilines is 1. The number of nitrogens with zero attached hydrogens (tertiary/aromatic N) is 4. The number of hydrogen-bond acceptors (Lipinski definition) is 5. The molecule has 0 spiro atoms. The fourth-order valence-corrected chi connectivity index (χ4v) is 5.58. The second kappa shape index (κ2) is 11.2. The standard InChI is InChI=1S/C30H32ClF2N5O3/c1-16-13-23-25(15-37(16)28(40)20-9-12-24(31)22(14-20)26(32)33)35-30(36(4)17(2)18-5-6-18)38(29(23)41)21-10-7-19(8-11-21)27(39)34-3/h7-12,14,16-18,26H,5-6,13,15H2,1-4H3,(H,34,39)/t16-,17+/m1/s1. The summed E-state index contributed by atoms with van der Waals surface area (Å²) >= 11 is 5.91. The first-order chi connectivity index (χ1) is 19.5. The molecule has 2 heterocycles. The van der Waals surface area contributed by atoms with Crippen molar-refractivity contribution in [2.24, 2.45) is 5.92 Å². The maximum Gasteiger partial charge on any atom is 0.265 e. The molecule has 1 aliphatic heterocycles. The minimum absolute atomic E-state index is 0.0618. The van der Waals surface area contributed by atoms with Crippen molar-refractivity contribution in [1.82, 2.24) is 19.8 Å². The number of amides is 2. The average Bonchev–Trinajstić information content (AvgIpc) is 3.81. The third kappa shape index (κ3) is 5.45. The van der Waals surface area contributed by atoms with Gasteiger partial charge in [0.1, 0.15) is 0 Å². The molecule has 2 atom stereocenters. The van der Waals surface area contributed by atoms with E-state index in [1.807, 2.05) is 18.9 Å². The van der Waals surface area contributed by atoms with Crippen LogP contribution in [0.25, 0.3) is 5.69 Å². The molecule has 2 aromatic carbocycles. The van der Waals surface area contributed by atoms with Crippen LogP contribution in [0.15, 0.2) is 47.3 Å². The van der Waals surface area contributed by atoms with Gasteiger partial charge in [-0.15, -0.1) is 0 Å². The summed E-state index contributed by atoms with van der Waals surface area (Å²) in [6, 6.07) is 10.4. The van der Waals surface area contributed by atoms with Crippen LogP contribution in [0, 0.1) is 5.92 Å². The molecule has 11 heteroatoms. The largest absolute Gasteiger partial charge is 0.355 e. The quantitative estimate of drug-likeness (QED) is 0.423. The lowest BCUT2D eigenvalue weighted by atomic mass is 9.98. The maximum absolute atomic E-state index is 14.1. The number of nitrogens with one attached hydrogen (secondary N) is 1. The molecule has 1 aromatic heterocycles. The number of benzene rings is 2. The molecule has 0 unspecified atom stereocenters. The second-order valence-corrected chi connectivity index (χ2v) is 11.2. The summed E-state index contributed by atoms with van der Waals surface area (Å²) in [4.78, 5) is 48.2. The van der Waals surface area contributed by atoms with Crippen LogP contribution >= 0.6 is 11.6 Å². The van der Waals surface area contributed by atoms with Gasteiger partial charge in [-0.05, 0) is 81.5 Å². The number of carbonyl (C=O) groups excluding carboxylic acids is 2. The van der Waals surface area contributed by atoms with Gasteiger partial charge in [0, 0.05) is 53.5 Å². The highest BCUT2D eigenvalue weighted by molar-refractivity contribution is 6.31. The van der Waals surface area contributed by atoms with Crippen molar-refractivity contribution in [2.45, 2.75) is 58.2 Å². The minimum atomic E-state index is -2.81. The van der Waals surface area contributed by atoms with Crippen LogP contribution in [0.1, 0.15) is 70.7 Å². The van der Waals surface area contributed by atoms with Gasteiger partial charge in [-0.25, -0.2) is 18.3 Å². The topological polar surface area (TPSA) is 87.5 Å². The van der Waals surface area contributed by atoms with E-state index in [2.05, 4.69) is 12.2 Å². The van der Waals surface area contributed by atoms with Gasteiger partial charge in [0.15, 0.2) is 0 Å². The molecular weight excluding hydrogens is 552 g/mol. The van der Waals surface area contributed by atoms with Crippen molar-refractivity contribution >= 4 is 29.4 Å². The number of aromatic nitrogens is 2. The van der Waals surface area contributed by atoms with Crippen molar-refractivity contribution in [3.63, 3.8) is 0 Å². The molecule has 2 amide bonds. The lowest BCUT2D eigenvalue weighted by molar-refractivity contribution is 0.0652. The molecule has 3 aromatic rings. The van der Waals surface area contributed by atoms with Crippen LogP contribution in [-0.2, 0) is 13.0 Å². The summed E-state index contributed by atoms with van der Waals surface area (Å²) in [5, 5.41) is 2.49. The van der Waals surface area contributed by atoms with Crippen molar-refractivity contribution in [3.8, 4) is 5.69 Å². The van der Waals surface area contributed by atoms with E-state index < -0.39 is 17.9 Å². The minimum Gasteiger partial charge on any atom is -0.355 e. The van der Waals surface area contributed by atoms with Crippen molar-refractivity contribution in [1.29, 1.82) is 0 Å². The number of halogens is 3. The van der Waals surface area contributed by atoms with Crippen LogP contribution in [-0.4, -0.2) is 52.4 Å². The molecule has 1 fully saturated rings. The first-order valence-electron chi connectivity index (χ1n) is 13.6. The maximum atomic E-state index is 14.1. The lowest BCUT2D eigenvalue weighted by Gasteiger charge is -2.36. The Hall–Kier alpha value is -3.79. The highest BCUT2D eigenvalue weighted by Crippen LogP contribution is 2.37. The Bertz CT molecular complexity index is 1550. The Morgan fingerprint density at radius 2 is 1.78 bits per heavy atom. The van der Waals surface area contributed by atoms with Gasteiger partial charge in [-0.1, -0.05) is 11.6 Å². The summed E-state index contributed by atoms with van der Waals surface area (Å²) in [7, 11) is 3.46. The Morgan fingerprint density at radius 3 is 2.39 bits per heavy atom. The summed E-state index contributed by atoms with van der Waals surface area (Å²) < 4.78 is 28.5. The third-order valence-electron chi connectivity index (χ3n) is 8.18. The average molecular weight is 584 g/mol. The molecule has 0 saturated heterocycles. The summed E-state index contributed by atoms with van der Waals surface area (Å²) in [5.41, 5.74) is 1.49. The molecule has 2 aliphatic rings. The zero-order chi connectivity index (χ0) is 29.6. The van der Waals surface area contributed by atoms with Crippen LogP contribution < -0.4 is 15.8 Å². The first-order valence-corrected chi connectivity index (χ1v) is 14.0. The van der Waals surface area contributed by atoms with E-state index in [9.17, 15) is 23.2 Å². The fourth-order valence-electron chi connectivity index (χ4n) is 5.38. The molecule has 0 bridgehead atoms. The lowest BCUT2D eigenvalue weighted by Crippen LogP contribution is -2.47. The van der Waals surface area contributed by atoms with Crippen molar-refractivity contribution in [3.05, 3.63) is 85.8 Å². The molecule has 1 N–H and O–H groups in total. The molecule has 8 nitrogen and oxygen atoms in total. The second-order valence-electron chi connectivity index (χ2n) is 10.8. The van der Waals surface area contributed by atoms with E-state index in [1.165, 1.54) is 12.1 Å². The van der Waals surface area contributed by atoms with E-state index in [0.29, 0.717) is 34.4 Å². The van der Waals surface area contributed by atoms with Gasteiger partial charge >= 0.3 is 0 Å². The van der Waals surface area contributed by atoms with Gasteiger partial charge in [-0.2, -0.15) is 0 Å². The predicted molar refractivity (Wildman–Crippen MR) is 153 cm³/mol. The zero-order valence-electron chi connectivity index (χ0n) is 23.3. The van der Waals surface area contributed by atoms with Crippen LogP contribution in [0.4, 0.5) is 14.7 Å². The monoisotopic (exact) mass is 583 g/mol. The number of rotatable bonds is 7. The van der Waals surface area contributed by atoms with E-state index in [1.54, 1.807) is 40.8 Å². The molecule has 41 heavy (non-hydrogen) atoms. The van der Waals surface area contributed by atoms with Gasteiger partial charge in [-0.3, -0.25) is 14.4 Å². The van der Waals surface area contributed by atoms with E-state index in [-0.39, 0.29) is 47.1 Å². The predicted octanol–water partition coefficient (Wildman–Crippen LogP) is 5.00. The van der Waals surface area contributed by atoms with E-state index in [4.69, 9.17) is 16.6 Å². The Labute approximate surface area is 241 Å². The summed E-state index contributed by atoms with van der Waals surface area (Å²) in [6.45, 7) is 3.98. The van der Waals surface area contributed by atoms with Crippen molar-refractivity contribution in [2.75, 3.05) is 19.0 Å². The summed E-state index contributed by atoms with van der Waals surface area (Å²) in [5.74, 6) is 0.268. The SMILES string of the molecule is CNC(=O)c1ccc(-n2c(N(C)[C@@H](C)C3CC3)nc3c(c2=O)C[C@@H](C)N(C(=O)c2ccc(Cl)c(C(F)F)c2)C3)cc1. The molecule has 216 valence electrons. The van der Waals surface area contributed by atoms with Gasteiger partial charge < -0.3 is 15.1 Å². The number of fused-ring (bicyclic) bond motifs is 1. The van der Waals surface area contributed by atoms with Crippen LogP contribution in [0.5, 0.6) is 0 Å². The first kappa shape index (κ1) is 28.7. The number of carbonyl (C=O) groups is 2.